The summed E-state index contributed by atoms with van der Waals surface area (Å²) in [6.07, 6.45) is 2.89. The summed E-state index contributed by atoms with van der Waals surface area (Å²) in [7, 11) is -3.30. The number of halogens is 1. The van der Waals surface area contributed by atoms with E-state index >= 15 is 0 Å². The van der Waals surface area contributed by atoms with Crippen LogP contribution in [-0.2, 0) is 9.84 Å². The molecule has 0 aliphatic rings. The third kappa shape index (κ3) is 3.21. The Kier molecular flexibility index (Phi) is 4.01. The summed E-state index contributed by atoms with van der Waals surface area (Å²) < 4.78 is 28.6. The molecule has 0 aromatic carbocycles. The van der Waals surface area contributed by atoms with Crippen LogP contribution in [0.25, 0.3) is 0 Å². The smallest absolute Gasteiger partial charge is 0.195 e. The molecule has 0 amide bonds. The molecule has 0 bridgehead atoms. The summed E-state index contributed by atoms with van der Waals surface area (Å²) in [4.78, 5) is 7.74. The largest absolute Gasteiger partial charge is 0.453 e. The van der Waals surface area contributed by atoms with Gasteiger partial charge in [0.15, 0.2) is 25.8 Å². The molecular formula is C12H11ClN2O3S. The number of rotatable bonds is 4. The minimum atomic E-state index is -3.30. The monoisotopic (exact) mass is 298 g/mol. The lowest BCUT2D eigenvalue weighted by molar-refractivity contribution is 0.477. The fourth-order valence-corrected chi connectivity index (χ4v) is 2.28. The molecule has 7 heteroatoms. The fourth-order valence-electron chi connectivity index (χ4n) is 1.33. The number of nitrogens with zero attached hydrogens (tertiary/aromatic N) is 2. The number of aromatic nitrogens is 2. The Morgan fingerprint density at radius 3 is 2.63 bits per heavy atom. The summed E-state index contributed by atoms with van der Waals surface area (Å²) in [5.41, 5.74) is 0. The van der Waals surface area contributed by atoms with Crippen molar-refractivity contribution in [1.82, 2.24) is 9.97 Å². The molecular weight excluding hydrogens is 288 g/mol. The Balaban J connectivity index is 2.23. The van der Waals surface area contributed by atoms with Crippen molar-refractivity contribution in [3.63, 3.8) is 0 Å². The first-order valence-electron chi connectivity index (χ1n) is 5.50. The van der Waals surface area contributed by atoms with E-state index in [1.54, 1.807) is 25.3 Å². The molecule has 2 heterocycles. The van der Waals surface area contributed by atoms with Gasteiger partial charge in [0, 0.05) is 6.20 Å². The van der Waals surface area contributed by atoms with Crippen LogP contribution in [0.3, 0.4) is 0 Å². The van der Waals surface area contributed by atoms with Gasteiger partial charge in [-0.2, -0.15) is 0 Å². The number of hydrogen-bond donors (Lipinski definition) is 0. The van der Waals surface area contributed by atoms with Crippen LogP contribution in [0.5, 0.6) is 11.5 Å². The van der Waals surface area contributed by atoms with Gasteiger partial charge < -0.3 is 4.74 Å². The van der Waals surface area contributed by atoms with Gasteiger partial charge in [0.25, 0.3) is 0 Å². The molecule has 0 radical (unpaired) electrons. The summed E-state index contributed by atoms with van der Waals surface area (Å²) in [6, 6.07) is 6.27. The van der Waals surface area contributed by atoms with Crippen molar-refractivity contribution >= 4 is 21.4 Å². The van der Waals surface area contributed by atoms with E-state index in [-0.39, 0.29) is 15.9 Å². The third-order valence-corrected chi connectivity index (χ3v) is 4.28. The van der Waals surface area contributed by atoms with Crippen LogP contribution in [0.15, 0.2) is 41.7 Å². The number of pyridine rings is 2. The molecule has 2 rings (SSSR count). The highest BCUT2D eigenvalue weighted by Crippen LogP contribution is 2.26. The quantitative estimate of drug-likeness (QED) is 0.812. The molecule has 2 aromatic rings. The lowest BCUT2D eigenvalue weighted by Crippen LogP contribution is -2.05. The van der Waals surface area contributed by atoms with Crippen LogP contribution in [0, 0.1) is 0 Å². The predicted molar refractivity (Wildman–Crippen MR) is 71.3 cm³/mol. The molecule has 0 atom stereocenters. The summed E-state index contributed by atoms with van der Waals surface area (Å²) in [5, 5.41) is 0.257. The van der Waals surface area contributed by atoms with Gasteiger partial charge in [-0.05, 0) is 24.3 Å². The average Bonchev–Trinajstić information content (AvgIpc) is 2.42. The van der Waals surface area contributed by atoms with E-state index in [4.69, 9.17) is 16.3 Å². The highest BCUT2D eigenvalue weighted by Gasteiger charge is 2.13. The predicted octanol–water partition coefficient (Wildman–Crippen LogP) is 2.72. The van der Waals surface area contributed by atoms with Crippen LogP contribution in [0.1, 0.15) is 6.92 Å². The van der Waals surface area contributed by atoms with Crippen molar-refractivity contribution in [1.29, 1.82) is 0 Å². The molecule has 0 N–H and O–H groups in total. The maximum absolute atomic E-state index is 11.6. The summed E-state index contributed by atoms with van der Waals surface area (Å²) in [6.45, 7) is 1.57. The number of hydrogen-bond acceptors (Lipinski definition) is 5. The molecule has 0 saturated carbocycles. The van der Waals surface area contributed by atoms with Gasteiger partial charge in [-0.1, -0.05) is 18.5 Å². The minimum Gasteiger partial charge on any atom is -0.453 e. The van der Waals surface area contributed by atoms with Gasteiger partial charge in [-0.25, -0.2) is 18.4 Å². The van der Waals surface area contributed by atoms with Gasteiger partial charge >= 0.3 is 0 Å². The SMILES string of the molecule is CCS(=O)(=O)c1ccc(Oc2cccnc2Cl)cn1. The second kappa shape index (κ2) is 5.54. The van der Waals surface area contributed by atoms with E-state index in [1.165, 1.54) is 18.3 Å². The molecule has 0 spiro atoms. The van der Waals surface area contributed by atoms with Crippen molar-refractivity contribution < 1.29 is 13.2 Å². The lowest BCUT2D eigenvalue weighted by atomic mass is 10.4. The Morgan fingerprint density at radius 1 is 1.26 bits per heavy atom. The normalized spacial score (nSPS) is 11.3. The Bertz CT molecular complexity index is 672. The van der Waals surface area contributed by atoms with E-state index in [1.807, 2.05) is 0 Å². The van der Waals surface area contributed by atoms with Crippen molar-refractivity contribution in [3.05, 3.63) is 41.8 Å². The summed E-state index contributed by atoms with van der Waals surface area (Å²) in [5.74, 6) is 0.788. The molecule has 0 saturated heterocycles. The van der Waals surface area contributed by atoms with Crippen LogP contribution >= 0.6 is 11.6 Å². The fraction of sp³-hybridized carbons (Fsp3) is 0.167. The maximum atomic E-state index is 11.6. The topological polar surface area (TPSA) is 69.2 Å². The maximum Gasteiger partial charge on any atom is 0.195 e. The molecule has 0 aliphatic carbocycles. The summed E-state index contributed by atoms with van der Waals surface area (Å²) >= 11 is 5.85. The Hall–Kier alpha value is -1.66. The first kappa shape index (κ1) is 13.8. The van der Waals surface area contributed by atoms with E-state index in [2.05, 4.69) is 9.97 Å². The minimum absolute atomic E-state index is 0.00857. The van der Waals surface area contributed by atoms with Gasteiger partial charge in [-0.15, -0.1) is 0 Å². The van der Waals surface area contributed by atoms with E-state index in [0.717, 1.165) is 0 Å². The zero-order valence-electron chi connectivity index (χ0n) is 10.1. The zero-order chi connectivity index (χ0) is 13.9. The van der Waals surface area contributed by atoms with Gasteiger partial charge in [0.2, 0.25) is 0 Å². The van der Waals surface area contributed by atoms with E-state index < -0.39 is 9.84 Å². The van der Waals surface area contributed by atoms with Crippen molar-refractivity contribution in [2.24, 2.45) is 0 Å². The second-order valence-electron chi connectivity index (χ2n) is 3.63. The van der Waals surface area contributed by atoms with Crippen LogP contribution in [0.2, 0.25) is 5.15 Å². The number of sulfone groups is 1. The highest BCUT2D eigenvalue weighted by atomic mass is 35.5. The Morgan fingerprint density at radius 2 is 2.05 bits per heavy atom. The van der Waals surface area contributed by atoms with E-state index in [0.29, 0.717) is 11.5 Å². The first-order chi connectivity index (χ1) is 9.03. The van der Waals surface area contributed by atoms with Crippen LogP contribution < -0.4 is 4.74 Å². The van der Waals surface area contributed by atoms with Gasteiger partial charge in [-0.3, -0.25) is 0 Å². The van der Waals surface area contributed by atoms with Crippen LogP contribution in [0.4, 0.5) is 0 Å². The molecule has 100 valence electrons. The van der Waals surface area contributed by atoms with Crippen LogP contribution in [-0.4, -0.2) is 24.1 Å². The second-order valence-corrected chi connectivity index (χ2v) is 6.21. The average molecular weight is 299 g/mol. The Labute approximate surface area is 116 Å². The molecule has 0 unspecified atom stereocenters. The molecule has 19 heavy (non-hydrogen) atoms. The molecule has 5 nitrogen and oxygen atoms in total. The first-order valence-corrected chi connectivity index (χ1v) is 7.53. The molecule has 0 fully saturated rings. The molecule has 2 aromatic heterocycles. The standard InChI is InChI=1S/C12H11ClN2O3S/c1-2-19(16,17)11-6-5-9(8-15-11)18-10-4-3-7-14-12(10)13/h3-8H,2H2,1H3. The van der Waals surface area contributed by atoms with Crippen molar-refractivity contribution in [2.75, 3.05) is 5.75 Å². The van der Waals surface area contributed by atoms with E-state index in [9.17, 15) is 8.42 Å². The third-order valence-electron chi connectivity index (χ3n) is 2.36. The van der Waals surface area contributed by atoms with Crippen molar-refractivity contribution in [2.45, 2.75) is 11.9 Å². The number of ether oxygens (including phenoxy) is 1. The van der Waals surface area contributed by atoms with Crippen molar-refractivity contribution in [3.8, 4) is 11.5 Å². The zero-order valence-corrected chi connectivity index (χ0v) is 11.6. The lowest BCUT2D eigenvalue weighted by Gasteiger charge is -2.06. The van der Waals surface area contributed by atoms with Gasteiger partial charge in [0.1, 0.15) is 5.75 Å². The highest BCUT2D eigenvalue weighted by molar-refractivity contribution is 7.91. The molecule has 0 aliphatic heterocycles. The van der Waals surface area contributed by atoms with Gasteiger partial charge in [0.05, 0.1) is 11.9 Å².